The molecule has 1 fully saturated rings. The van der Waals surface area contributed by atoms with Crippen molar-refractivity contribution >= 4 is 28.4 Å². The number of methoxy groups -OCH3 is 1. The number of likely N-dealkylation sites (N-methyl/N-ethyl adjacent to an activating group) is 1. The highest BCUT2D eigenvalue weighted by Gasteiger charge is 2.28. The summed E-state index contributed by atoms with van der Waals surface area (Å²) in [5, 5.41) is 13.4. The number of nitrogens with one attached hydrogen (secondary N) is 1. The van der Waals surface area contributed by atoms with E-state index in [9.17, 15) is 14.7 Å². The van der Waals surface area contributed by atoms with Gasteiger partial charge in [0.15, 0.2) is 6.61 Å². The molecule has 3 aromatic rings. The van der Waals surface area contributed by atoms with E-state index in [2.05, 4.69) is 15.2 Å². The first-order chi connectivity index (χ1) is 17.5. The van der Waals surface area contributed by atoms with Crippen LogP contribution < -0.4 is 10.1 Å². The van der Waals surface area contributed by atoms with Crippen molar-refractivity contribution in [1.82, 2.24) is 14.8 Å². The molecule has 1 saturated heterocycles. The van der Waals surface area contributed by atoms with Gasteiger partial charge in [-0.15, -0.1) is 0 Å². The van der Waals surface area contributed by atoms with Crippen molar-refractivity contribution in [1.29, 1.82) is 0 Å². The summed E-state index contributed by atoms with van der Waals surface area (Å²) in [5.41, 5.74) is 2.14. The zero-order chi connectivity index (χ0) is 25.5. The molecule has 2 amide bonds. The van der Waals surface area contributed by atoms with Crippen molar-refractivity contribution in [2.75, 3.05) is 52.3 Å². The summed E-state index contributed by atoms with van der Waals surface area (Å²) < 4.78 is 10.8. The van der Waals surface area contributed by atoms with Gasteiger partial charge in [0.05, 0.1) is 23.3 Å². The fourth-order valence-corrected chi connectivity index (χ4v) is 4.46. The van der Waals surface area contributed by atoms with Crippen LogP contribution in [0.4, 0.5) is 5.69 Å². The highest BCUT2D eigenvalue weighted by Crippen LogP contribution is 2.30. The Balaban J connectivity index is 1.48. The van der Waals surface area contributed by atoms with Gasteiger partial charge >= 0.3 is 0 Å². The topological polar surface area (TPSA) is 104 Å². The number of amides is 2. The number of aromatic nitrogens is 1. The minimum Gasteiger partial charge on any atom is -0.483 e. The standard InChI is InChI=1S/C27H32N4O5/c1-30(23(19-7-4-3-5-8-19)16-31-14-12-20(32)15-31)26(34)18-36-24-11-10-22(29-25(33)17-35-2)27-21(24)9-6-13-28-27/h3-11,13,20,23,32H,12,14-18H2,1-2H3,(H,29,33)/t20-,23+/m0/s1. The first-order valence-corrected chi connectivity index (χ1v) is 12.0. The molecule has 0 spiro atoms. The van der Waals surface area contributed by atoms with Crippen molar-refractivity contribution < 1.29 is 24.2 Å². The first-order valence-electron chi connectivity index (χ1n) is 12.0. The van der Waals surface area contributed by atoms with E-state index in [0.29, 0.717) is 35.4 Å². The number of ether oxygens (including phenoxy) is 2. The SMILES string of the molecule is COCC(=O)Nc1ccc(OCC(=O)N(C)[C@H](CN2CC[C@H](O)C2)c2ccccc2)c2cccnc12. The van der Waals surface area contributed by atoms with Crippen LogP contribution in [0.25, 0.3) is 10.9 Å². The third-order valence-corrected chi connectivity index (χ3v) is 6.35. The highest BCUT2D eigenvalue weighted by atomic mass is 16.5. The maximum atomic E-state index is 13.2. The zero-order valence-electron chi connectivity index (χ0n) is 20.6. The number of aliphatic hydroxyl groups excluding tert-OH is 1. The van der Waals surface area contributed by atoms with Gasteiger partial charge in [-0.05, 0) is 36.2 Å². The minimum absolute atomic E-state index is 0.0631. The lowest BCUT2D eigenvalue weighted by molar-refractivity contribution is -0.134. The number of likely N-dealkylation sites (tertiary alicyclic amines) is 1. The second-order valence-electron chi connectivity index (χ2n) is 8.91. The quantitative estimate of drug-likeness (QED) is 0.448. The molecule has 9 heteroatoms. The molecule has 4 rings (SSSR count). The summed E-state index contributed by atoms with van der Waals surface area (Å²) in [6.07, 6.45) is 2.05. The molecule has 190 valence electrons. The Morgan fingerprint density at radius 3 is 2.69 bits per heavy atom. The van der Waals surface area contributed by atoms with Crippen LogP contribution in [-0.4, -0.2) is 84.8 Å². The molecule has 1 aromatic heterocycles. The van der Waals surface area contributed by atoms with Crippen LogP contribution >= 0.6 is 0 Å². The maximum Gasteiger partial charge on any atom is 0.260 e. The van der Waals surface area contributed by atoms with Gasteiger partial charge in [-0.3, -0.25) is 19.5 Å². The van der Waals surface area contributed by atoms with Gasteiger partial charge < -0.3 is 24.8 Å². The number of nitrogens with zero attached hydrogens (tertiary/aromatic N) is 3. The average Bonchev–Trinajstić information content (AvgIpc) is 3.31. The van der Waals surface area contributed by atoms with Crippen LogP contribution in [-0.2, 0) is 14.3 Å². The van der Waals surface area contributed by atoms with E-state index >= 15 is 0 Å². The Bertz CT molecular complexity index is 1190. The fourth-order valence-electron chi connectivity index (χ4n) is 4.46. The Morgan fingerprint density at radius 1 is 1.17 bits per heavy atom. The first kappa shape index (κ1) is 25.6. The molecular weight excluding hydrogens is 460 g/mol. The van der Waals surface area contributed by atoms with Crippen molar-refractivity contribution in [2.24, 2.45) is 0 Å². The summed E-state index contributed by atoms with van der Waals surface area (Å²) in [6, 6.07) is 16.8. The summed E-state index contributed by atoms with van der Waals surface area (Å²) in [7, 11) is 3.24. The maximum absolute atomic E-state index is 13.2. The Morgan fingerprint density at radius 2 is 1.97 bits per heavy atom. The molecule has 2 N–H and O–H groups in total. The number of carbonyl (C=O) groups excluding carboxylic acids is 2. The number of fused-ring (bicyclic) bond motifs is 1. The number of aliphatic hydroxyl groups is 1. The summed E-state index contributed by atoms with van der Waals surface area (Å²) >= 11 is 0. The van der Waals surface area contributed by atoms with E-state index in [0.717, 1.165) is 18.5 Å². The van der Waals surface area contributed by atoms with Gasteiger partial charge in [0.2, 0.25) is 5.91 Å². The second-order valence-corrected chi connectivity index (χ2v) is 8.91. The van der Waals surface area contributed by atoms with E-state index in [1.807, 2.05) is 36.4 Å². The number of hydrogen-bond donors (Lipinski definition) is 2. The van der Waals surface area contributed by atoms with Gasteiger partial charge in [-0.25, -0.2) is 0 Å². The van der Waals surface area contributed by atoms with E-state index in [-0.39, 0.29) is 37.2 Å². The molecule has 0 radical (unpaired) electrons. The normalized spacial score (nSPS) is 16.6. The van der Waals surface area contributed by atoms with Crippen LogP contribution in [0, 0.1) is 0 Å². The Labute approximate surface area is 210 Å². The van der Waals surface area contributed by atoms with E-state index < -0.39 is 0 Å². The van der Waals surface area contributed by atoms with Gasteiger partial charge in [0.1, 0.15) is 12.4 Å². The zero-order valence-corrected chi connectivity index (χ0v) is 20.6. The van der Waals surface area contributed by atoms with Gasteiger partial charge in [0, 0.05) is 45.4 Å². The molecule has 0 aliphatic carbocycles. The van der Waals surface area contributed by atoms with E-state index in [1.165, 1.54) is 7.11 Å². The predicted molar refractivity (Wildman–Crippen MR) is 137 cm³/mol. The monoisotopic (exact) mass is 492 g/mol. The molecule has 36 heavy (non-hydrogen) atoms. The number of benzene rings is 2. The average molecular weight is 493 g/mol. The predicted octanol–water partition coefficient (Wildman–Crippen LogP) is 2.46. The third kappa shape index (κ3) is 6.17. The van der Waals surface area contributed by atoms with Crippen LogP contribution in [0.1, 0.15) is 18.0 Å². The van der Waals surface area contributed by atoms with Gasteiger partial charge in [0.25, 0.3) is 5.91 Å². The lowest BCUT2D eigenvalue weighted by Crippen LogP contribution is -2.40. The summed E-state index contributed by atoms with van der Waals surface area (Å²) in [4.78, 5) is 33.5. The van der Waals surface area contributed by atoms with Crippen LogP contribution in [0.3, 0.4) is 0 Å². The lowest BCUT2D eigenvalue weighted by Gasteiger charge is -2.32. The Hall–Kier alpha value is -3.53. The van der Waals surface area contributed by atoms with Crippen LogP contribution in [0.15, 0.2) is 60.8 Å². The molecular formula is C27H32N4O5. The number of pyridine rings is 1. The number of hydrogen-bond acceptors (Lipinski definition) is 7. The Kier molecular flexibility index (Phi) is 8.48. The largest absolute Gasteiger partial charge is 0.483 e. The van der Waals surface area contributed by atoms with Crippen molar-refractivity contribution in [2.45, 2.75) is 18.6 Å². The van der Waals surface area contributed by atoms with E-state index in [1.54, 1.807) is 36.3 Å². The van der Waals surface area contributed by atoms with Crippen LogP contribution in [0.2, 0.25) is 0 Å². The van der Waals surface area contributed by atoms with Crippen molar-refractivity contribution in [3.8, 4) is 5.75 Å². The summed E-state index contributed by atoms with van der Waals surface area (Å²) in [6.45, 7) is 1.82. The van der Waals surface area contributed by atoms with Crippen molar-refractivity contribution in [3.05, 3.63) is 66.4 Å². The van der Waals surface area contributed by atoms with Gasteiger partial charge in [-0.2, -0.15) is 0 Å². The molecule has 0 unspecified atom stereocenters. The molecule has 1 aliphatic heterocycles. The highest BCUT2D eigenvalue weighted by molar-refractivity contribution is 6.02. The lowest BCUT2D eigenvalue weighted by atomic mass is 10.0. The fraction of sp³-hybridized carbons (Fsp3) is 0.370. The van der Waals surface area contributed by atoms with Gasteiger partial charge in [-0.1, -0.05) is 30.3 Å². The number of rotatable bonds is 10. The summed E-state index contributed by atoms with van der Waals surface area (Å²) in [5.74, 6) is 0.0500. The number of anilines is 1. The molecule has 2 heterocycles. The van der Waals surface area contributed by atoms with Crippen molar-refractivity contribution in [3.63, 3.8) is 0 Å². The molecule has 2 aromatic carbocycles. The van der Waals surface area contributed by atoms with E-state index in [4.69, 9.17) is 9.47 Å². The second kappa shape index (κ2) is 11.9. The number of β-amino-alcohol motifs (C(OH)–C–C–N with tert-alkyl or cyclic N) is 1. The molecule has 1 aliphatic rings. The number of carbonyl (C=O) groups is 2. The minimum atomic E-state index is -0.324. The smallest absolute Gasteiger partial charge is 0.260 e. The molecule has 0 bridgehead atoms. The molecule has 9 nitrogen and oxygen atoms in total. The molecule has 0 saturated carbocycles. The van der Waals surface area contributed by atoms with Crippen LogP contribution in [0.5, 0.6) is 5.75 Å². The third-order valence-electron chi connectivity index (χ3n) is 6.35. The molecule has 2 atom stereocenters.